The van der Waals surface area contributed by atoms with E-state index in [1.807, 2.05) is 190 Å². The molecule has 22 nitrogen and oxygen atoms in total. The molecule has 1 aliphatic carbocycles. The topological polar surface area (TPSA) is 246 Å². The van der Waals surface area contributed by atoms with E-state index >= 15 is 0 Å². The standard InChI is InChI=1S/C96H125N3O19/c1-12-76-59(2)65(8)90(117-95-88(108-54-75-46-32-19-33-47-75)63(6)60(3)78(112-95)56-103-49-70-36-22-14-23-37-70)96(110-76)116-89-66(9)62(5)77(55-102-48-69-34-20-13-21-35-69)111-93(89)109-58-79-61(4)64(7)87(107-53-74-44-30-18-31-45-74)94(113-79)115-84-67(10)81(98-99-97)92(114-80(84)57-104-50-71-38-24-15-25-39-71)118-91-83(101)82(100)85(105-51-72-40-26-16-27-41-72)68(11)86(91)106-52-73-42-28-17-29-43-73/h13-47,59-68,76-96,100-101H,12,48-58H2,1-11H3. The van der Waals surface area contributed by atoms with E-state index in [1.165, 1.54) is 0 Å². The molecule has 31 unspecified atom stereocenters. The second-order valence-electron chi connectivity index (χ2n) is 33.7. The van der Waals surface area contributed by atoms with Gasteiger partial charge in [-0.25, -0.2) is 0 Å². The minimum Gasteiger partial charge on any atom is -0.388 e. The predicted molar refractivity (Wildman–Crippen MR) is 444 cm³/mol. The number of hydrogen-bond acceptors (Lipinski definition) is 20. The average molecular weight is 1630 g/mol. The maximum atomic E-state index is 12.5. The fraction of sp³-hybridized carbons (Fsp3) is 0.562. The van der Waals surface area contributed by atoms with E-state index in [9.17, 15) is 15.7 Å². The van der Waals surface area contributed by atoms with Gasteiger partial charge >= 0.3 is 0 Å². The first-order valence-corrected chi connectivity index (χ1v) is 42.8. The van der Waals surface area contributed by atoms with Gasteiger partial charge in [0.15, 0.2) is 31.5 Å². The summed E-state index contributed by atoms with van der Waals surface area (Å²) < 4.78 is 120. The second kappa shape index (κ2) is 43.7. The molecule has 7 aromatic carbocycles. The lowest BCUT2D eigenvalue weighted by molar-refractivity contribution is -0.381. The SMILES string of the molecule is CCC1OC(OC2C(OCC3OC(OC4C(COCc5ccccc5)OC(OC5C(O)C(O)C(OCc6ccccc6)C(C)C5OCc5ccccc5)C(N=[N+]=[N-])C4C)C(OCc4ccccc4)C(C)C3C)OC(COCc3ccccc3)C(C)C2C)C(OC2OC(COCc3ccccc3)C(C)C(C)C2OCc2ccccc2)C(C)C1C. The number of ether oxygens (including phenoxy) is 17. The predicted octanol–water partition coefficient (Wildman–Crippen LogP) is 16.3. The van der Waals surface area contributed by atoms with E-state index in [-0.39, 0.29) is 106 Å². The summed E-state index contributed by atoms with van der Waals surface area (Å²) in [5, 5.41) is 29.1. The molecule has 6 aliphatic rings. The molecule has 7 aromatic rings. The minimum atomic E-state index is -1.55. The van der Waals surface area contributed by atoms with Crippen LogP contribution in [0.3, 0.4) is 0 Å². The van der Waals surface area contributed by atoms with Crippen LogP contribution in [-0.2, 0) is 127 Å². The van der Waals surface area contributed by atoms with Crippen LogP contribution in [0.5, 0.6) is 0 Å². The molecule has 118 heavy (non-hydrogen) atoms. The monoisotopic (exact) mass is 1620 g/mol. The van der Waals surface area contributed by atoms with Crippen molar-refractivity contribution in [2.75, 3.05) is 26.4 Å². The smallest absolute Gasteiger partial charge is 0.185 e. The maximum absolute atomic E-state index is 12.5. The summed E-state index contributed by atoms with van der Waals surface area (Å²) in [7, 11) is 0. The normalized spacial score (nSPS) is 35.7. The van der Waals surface area contributed by atoms with Crippen molar-refractivity contribution in [3.8, 4) is 0 Å². The van der Waals surface area contributed by atoms with E-state index in [0.717, 1.165) is 45.4 Å². The van der Waals surface area contributed by atoms with Crippen molar-refractivity contribution in [2.24, 2.45) is 64.3 Å². The highest BCUT2D eigenvalue weighted by atomic mass is 16.8. The van der Waals surface area contributed by atoms with Crippen LogP contribution in [0, 0.1) is 59.2 Å². The first-order valence-electron chi connectivity index (χ1n) is 42.8. The Kier molecular flexibility index (Phi) is 32.9. The highest BCUT2D eigenvalue weighted by Gasteiger charge is 2.57. The van der Waals surface area contributed by atoms with Gasteiger partial charge in [0.05, 0.1) is 121 Å². The highest BCUT2D eigenvalue weighted by molar-refractivity contribution is 5.19. The van der Waals surface area contributed by atoms with Gasteiger partial charge in [-0.15, -0.1) is 0 Å². The number of nitrogens with zero attached hydrogens (tertiary/aromatic N) is 3. The Morgan fingerprint density at radius 2 is 0.568 bits per heavy atom. The molecule has 0 amide bonds. The lowest BCUT2D eigenvalue weighted by Crippen LogP contribution is -2.65. The molecule has 13 rings (SSSR count). The van der Waals surface area contributed by atoms with E-state index in [0.29, 0.717) is 26.4 Å². The molecule has 1 saturated carbocycles. The molecule has 0 bridgehead atoms. The Hall–Kier alpha value is -6.91. The number of rotatable bonds is 37. The van der Waals surface area contributed by atoms with E-state index < -0.39 is 129 Å². The van der Waals surface area contributed by atoms with Crippen LogP contribution < -0.4 is 0 Å². The van der Waals surface area contributed by atoms with Crippen molar-refractivity contribution in [3.63, 3.8) is 0 Å². The van der Waals surface area contributed by atoms with Gasteiger partial charge in [0.25, 0.3) is 0 Å². The summed E-state index contributed by atoms with van der Waals surface area (Å²) in [6, 6.07) is 68.6. The van der Waals surface area contributed by atoms with Crippen molar-refractivity contribution in [1.82, 2.24) is 0 Å². The van der Waals surface area contributed by atoms with E-state index in [2.05, 4.69) is 109 Å². The molecule has 5 heterocycles. The summed E-state index contributed by atoms with van der Waals surface area (Å²) in [5.41, 5.74) is 17.5. The molecule has 5 aliphatic heterocycles. The van der Waals surface area contributed by atoms with Gasteiger partial charge in [-0.05, 0) is 104 Å². The molecule has 6 fully saturated rings. The summed E-state index contributed by atoms with van der Waals surface area (Å²) >= 11 is 0. The zero-order chi connectivity index (χ0) is 82.6. The van der Waals surface area contributed by atoms with Gasteiger partial charge in [0, 0.05) is 10.8 Å². The lowest BCUT2D eigenvalue weighted by atomic mass is 9.78. The molecular formula is C96H125N3O19. The first kappa shape index (κ1) is 88.9. The van der Waals surface area contributed by atoms with Crippen molar-refractivity contribution in [1.29, 1.82) is 0 Å². The molecule has 0 spiro atoms. The third-order valence-corrected chi connectivity index (χ3v) is 25.9. The van der Waals surface area contributed by atoms with Gasteiger partial charge in [-0.3, -0.25) is 0 Å². The third kappa shape index (κ3) is 22.7. The molecule has 638 valence electrons. The molecule has 31 atom stereocenters. The zero-order valence-electron chi connectivity index (χ0n) is 70.3. The fourth-order valence-electron chi connectivity index (χ4n) is 17.7. The summed E-state index contributed by atoms with van der Waals surface area (Å²) in [6.45, 7) is 26.1. The van der Waals surface area contributed by atoms with Crippen LogP contribution in [0.1, 0.15) is 122 Å². The minimum absolute atomic E-state index is 0.00705. The largest absolute Gasteiger partial charge is 0.388 e. The van der Waals surface area contributed by atoms with Crippen molar-refractivity contribution >= 4 is 0 Å². The zero-order valence-corrected chi connectivity index (χ0v) is 70.3. The van der Waals surface area contributed by atoms with Crippen LogP contribution in [0.15, 0.2) is 217 Å². The van der Waals surface area contributed by atoms with Crippen molar-refractivity contribution in [2.45, 2.75) is 258 Å². The first-order chi connectivity index (χ1) is 57.4. The van der Waals surface area contributed by atoms with Crippen LogP contribution in [-0.4, -0.2) is 166 Å². The summed E-state index contributed by atoms with van der Waals surface area (Å²) in [5.74, 6) is -1.93. The number of aliphatic hydroxyl groups excluding tert-OH is 2. The Morgan fingerprint density at radius 1 is 0.280 bits per heavy atom. The summed E-state index contributed by atoms with van der Waals surface area (Å²) in [6.07, 6.45) is -16.3. The number of benzene rings is 7. The van der Waals surface area contributed by atoms with Gasteiger partial charge in [0.1, 0.15) is 48.8 Å². The Morgan fingerprint density at radius 3 is 0.966 bits per heavy atom. The molecule has 0 aromatic heterocycles. The second-order valence-corrected chi connectivity index (χ2v) is 33.7. The van der Waals surface area contributed by atoms with Gasteiger partial charge in [-0.2, -0.15) is 0 Å². The quantitative estimate of drug-likeness (QED) is 0.0209. The van der Waals surface area contributed by atoms with Crippen molar-refractivity contribution < 1.29 is 90.7 Å². The van der Waals surface area contributed by atoms with Crippen molar-refractivity contribution in [3.05, 3.63) is 262 Å². The molecule has 2 N–H and O–H groups in total. The molecule has 22 heteroatoms. The summed E-state index contributed by atoms with van der Waals surface area (Å²) in [4.78, 5) is 3.41. The van der Waals surface area contributed by atoms with Gasteiger partial charge < -0.3 is 90.7 Å². The highest BCUT2D eigenvalue weighted by Crippen LogP contribution is 2.46. The molecular weight excluding hydrogens is 1500 g/mol. The third-order valence-electron chi connectivity index (χ3n) is 25.9. The Bertz CT molecular complexity index is 4080. The van der Waals surface area contributed by atoms with Gasteiger partial charge in [0.2, 0.25) is 0 Å². The number of aliphatic hydroxyl groups is 2. The Labute approximate surface area is 697 Å². The maximum Gasteiger partial charge on any atom is 0.185 e. The Balaban J connectivity index is 0.792. The number of azide groups is 1. The van der Waals surface area contributed by atoms with Crippen LogP contribution >= 0.6 is 0 Å². The lowest BCUT2D eigenvalue weighted by Gasteiger charge is -2.52. The molecule has 5 saturated heterocycles. The fourth-order valence-corrected chi connectivity index (χ4v) is 17.7. The average Bonchev–Trinajstić information content (AvgIpc) is 0.814. The van der Waals surface area contributed by atoms with E-state index in [4.69, 9.17) is 80.5 Å². The van der Waals surface area contributed by atoms with E-state index in [1.54, 1.807) is 0 Å². The number of hydrogen-bond donors (Lipinski definition) is 2. The van der Waals surface area contributed by atoms with Crippen LogP contribution in [0.25, 0.3) is 10.4 Å². The van der Waals surface area contributed by atoms with Crippen LogP contribution in [0.2, 0.25) is 0 Å². The molecule has 0 radical (unpaired) electrons. The van der Waals surface area contributed by atoms with Crippen LogP contribution in [0.4, 0.5) is 0 Å². The van der Waals surface area contributed by atoms with Gasteiger partial charge in [-0.1, -0.05) is 294 Å².